The van der Waals surface area contributed by atoms with Crippen LogP contribution in [0.15, 0.2) is 12.7 Å². The maximum Gasteiger partial charge on any atom is 0.326 e. The summed E-state index contributed by atoms with van der Waals surface area (Å²) < 4.78 is 4.82. The van der Waals surface area contributed by atoms with Crippen LogP contribution in [0.5, 0.6) is 0 Å². The van der Waals surface area contributed by atoms with E-state index in [1.807, 2.05) is 13.8 Å². The molecule has 0 aliphatic heterocycles. The smallest absolute Gasteiger partial charge is 0.326 e. The second-order valence-corrected chi connectivity index (χ2v) is 4.16. The van der Waals surface area contributed by atoms with Gasteiger partial charge >= 0.3 is 12.0 Å². The molecule has 0 aliphatic rings. The number of methoxy groups -OCH3 is 1. The largest absolute Gasteiger partial charge is 0.480 e. The lowest BCUT2D eigenvalue weighted by Crippen LogP contribution is -2.50. The molecule has 0 saturated heterocycles. The molecule has 0 bridgehead atoms. The predicted molar refractivity (Wildman–Crippen MR) is 68.5 cm³/mol. The fourth-order valence-corrected chi connectivity index (χ4v) is 1.39. The average Bonchev–Trinajstić information content (AvgIpc) is 2.30. The van der Waals surface area contributed by atoms with Crippen LogP contribution in [0.1, 0.15) is 20.3 Å². The molecule has 6 nitrogen and oxygen atoms in total. The molecule has 0 saturated carbocycles. The topological polar surface area (TPSA) is 78.9 Å². The zero-order valence-corrected chi connectivity index (χ0v) is 11.2. The summed E-state index contributed by atoms with van der Waals surface area (Å²) in [7, 11) is 1.48. The van der Waals surface area contributed by atoms with Crippen LogP contribution in [0, 0.1) is 0 Å². The summed E-state index contributed by atoms with van der Waals surface area (Å²) in [6, 6.07) is -1.38. The van der Waals surface area contributed by atoms with Crippen molar-refractivity contribution in [3.63, 3.8) is 0 Å². The molecular formula is C12H22N2O4. The summed E-state index contributed by atoms with van der Waals surface area (Å²) >= 11 is 0. The lowest BCUT2D eigenvalue weighted by atomic mass is 10.2. The molecule has 6 heteroatoms. The number of ether oxygens (including phenoxy) is 1. The lowest BCUT2D eigenvalue weighted by molar-refractivity contribution is -0.139. The Morgan fingerprint density at radius 3 is 2.50 bits per heavy atom. The fourth-order valence-electron chi connectivity index (χ4n) is 1.39. The zero-order chi connectivity index (χ0) is 14.1. The number of carboxylic acid groups (broad SMARTS) is 1. The molecule has 0 aromatic rings. The molecule has 0 rings (SSSR count). The number of carbonyl (C=O) groups excluding carboxylic acids is 1. The highest BCUT2D eigenvalue weighted by Crippen LogP contribution is 2.01. The summed E-state index contributed by atoms with van der Waals surface area (Å²) in [6.07, 6.45) is 1.84. The Kier molecular flexibility index (Phi) is 7.78. The van der Waals surface area contributed by atoms with E-state index in [9.17, 15) is 9.59 Å². The first-order valence-electron chi connectivity index (χ1n) is 5.83. The van der Waals surface area contributed by atoms with E-state index in [4.69, 9.17) is 9.84 Å². The van der Waals surface area contributed by atoms with Gasteiger partial charge in [-0.3, -0.25) is 0 Å². The number of nitrogens with one attached hydrogen (secondary N) is 1. The minimum Gasteiger partial charge on any atom is -0.480 e. The van der Waals surface area contributed by atoms with Crippen molar-refractivity contribution in [1.29, 1.82) is 0 Å². The summed E-state index contributed by atoms with van der Waals surface area (Å²) in [5, 5.41) is 11.5. The van der Waals surface area contributed by atoms with Crippen LogP contribution >= 0.6 is 0 Å². The molecule has 0 radical (unpaired) electrons. The number of urea groups is 1. The summed E-state index contributed by atoms with van der Waals surface area (Å²) in [5.74, 6) is -1.07. The Morgan fingerprint density at radius 2 is 2.11 bits per heavy atom. The highest BCUT2D eigenvalue weighted by Gasteiger charge is 2.23. The monoisotopic (exact) mass is 258 g/mol. The first-order valence-corrected chi connectivity index (χ1v) is 5.83. The van der Waals surface area contributed by atoms with E-state index in [0.29, 0.717) is 6.54 Å². The van der Waals surface area contributed by atoms with Crippen molar-refractivity contribution >= 4 is 12.0 Å². The number of carbonyl (C=O) groups is 2. The number of hydrogen-bond donors (Lipinski definition) is 2. The second kappa shape index (κ2) is 8.52. The highest BCUT2D eigenvalue weighted by atomic mass is 16.5. The molecule has 1 unspecified atom stereocenters. The number of hydrogen-bond acceptors (Lipinski definition) is 3. The van der Waals surface area contributed by atoms with Crippen molar-refractivity contribution in [2.75, 3.05) is 20.3 Å². The van der Waals surface area contributed by atoms with Gasteiger partial charge in [0, 0.05) is 32.7 Å². The number of nitrogens with zero attached hydrogens (tertiary/aromatic N) is 1. The van der Waals surface area contributed by atoms with E-state index in [2.05, 4.69) is 11.9 Å². The van der Waals surface area contributed by atoms with Crippen molar-refractivity contribution in [2.24, 2.45) is 0 Å². The third kappa shape index (κ3) is 5.67. The molecule has 2 amide bonds. The summed E-state index contributed by atoms with van der Waals surface area (Å²) in [4.78, 5) is 24.4. The molecule has 104 valence electrons. The van der Waals surface area contributed by atoms with Gasteiger partial charge in [0.2, 0.25) is 0 Å². The SMILES string of the molecule is C=CCN(C(=O)NC(CCOC)C(=O)O)C(C)C. The Morgan fingerprint density at radius 1 is 1.50 bits per heavy atom. The molecule has 0 aromatic heterocycles. The number of amides is 2. The maximum absolute atomic E-state index is 11.9. The van der Waals surface area contributed by atoms with E-state index >= 15 is 0 Å². The number of carboxylic acids is 1. The average molecular weight is 258 g/mol. The van der Waals surface area contributed by atoms with Gasteiger partial charge in [0.25, 0.3) is 0 Å². The van der Waals surface area contributed by atoms with Crippen molar-refractivity contribution in [1.82, 2.24) is 10.2 Å². The quantitative estimate of drug-likeness (QED) is 0.639. The Hall–Kier alpha value is -1.56. The molecule has 18 heavy (non-hydrogen) atoms. The molecule has 0 heterocycles. The first kappa shape index (κ1) is 16.4. The normalized spacial score (nSPS) is 12.0. The van der Waals surface area contributed by atoms with Crippen molar-refractivity contribution in [3.8, 4) is 0 Å². The van der Waals surface area contributed by atoms with Gasteiger partial charge in [0.15, 0.2) is 0 Å². The highest BCUT2D eigenvalue weighted by molar-refractivity contribution is 5.82. The van der Waals surface area contributed by atoms with Crippen LogP contribution in [-0.4, -0.2) is 54.4 Å². The van der Waals surface area contributed by atoms with E-state index in [-0.39, 0.29) is 19.1 Å². The van der Waals surface area contributed by atoms with Gasteiger partial charge in [0.05, 0.1) is 0 Å². The van der Waals surface area contributed by atoms with Crippen molar-refractivity contribution < 1.29 is 19.4 Å². The third-order valence-electron chi connectivity index (χ3n) is 2.42. The van der Waals surface area contributed by atoms with Crippen LogP contribution in [0.3, 0.4) is 0 Å². The molecule has 0 fully saturated rings. The van der Waals surface area contributed by atoms with Gasteiger partial charge in [0.1, 0.15) is 6.04 Å². The lowest BCUT2D eigenvalue weighted by Gasteiger charge is -2.27. The van der Waals surface area contributed by atoms with Crippen LogP contribution in [-0.2, 0) is 9.53 Å². The predicted octanol–water partition coefficient (Wildman–Crippen LogP) is 1.08. The van der Waals surface area contributed by atoms with Crippen LogP contribution in [0.4, 0.5) is 4.79 Å². The zero-order valence-electron chi connectivity index (χ0n) is 11.2. The Balaban J connectivity index is 4.54. The van der Waals surface area contributed by atoms with E-state index in [1.54, 1.807) is 6.08 Å². The van der Waals surface area contributed by atoms with Gasteiger partial charge in [-0.25, -0.2) is 9.59 Å². The molecule has 2 N–H and O–H groups in total. The third-order valence-corrected chi connectivity index (χ3v) is 2.42. The van der Waals surface area contributed by atoms with E-state index in [0.717, 1.165) is 0 Å². The fraction of sp³-hybridized carbons (Fsp3) is 0.667. The minimum absolute atomic E-state index is 0.0279. The molecular weight excluding hydrogens is 236 g/mol. The van der Waals surface area contributed by atoms with E-state index in [1.165, 1.54) is 12.0 Å². The van der Waals surface area contributed by atoms with Crippen LogP contribution in [0.25, 0.3) is 0 Å². The molecule has 0 aromatic carbocycles. The Bertz CT molecular complexity index is 292. The minimum atomic E-state index is -1.07. The van der Waals surface area contributed by atoms with E-state index < -0.39 is 18.0 Å². The summed E-state index contributed by atoms with van der Waals surface area (Å²) in [5.41, 5.74) is 0. The standard InChI is InChI=1S/C12H22N2O4/c1-5-7-14(9(2)3)12(17)13-10(11(15)16)6-8-18-4/h5,9-10H,1,6-8H2,2-4H3,(H,13,17)(H,15,16). The molecule has 0 spiro atoms. The maximum atomic E-state index is 11.9. The first-order chi connectivity index (χ1) is 8.43. The molecule has 0 aliphatic carbocycles. The van der Waals surface area contributed by atoms with Gasteiger partial charge in [-0.15, -0.1) is 6.58 Å². The van der Waals surface area contributed by atoms with Crippen molar-refractivity contribution in [2.45, 2.75) is 32.4 Å². The van der Waals surface area contributed by atoms with Gasteiger partial charge < -0.3 is 20.1 Å². The number of aliphatic carboxylic acids is 1. The van der Waals surface area contributed by atoms with Crippen molar-refractivity contribution in [3.05, 3.63) is 12.7 Å². The summed E-state index contributed by atoms with van der Waals surface area (Å²) in [6.45, 7) is 7.93. The van der Waals surface area contributed by atoms with Crippen LogP contribution < -0.4 is 5.32 Å². The number of rotatable bonds is 8. The Labute approximate surface area is 108 Å². The van der Waals surface area contributed by atoms with Gasteiger partial charge in [-0.1, -0.05) is 6.08 Å². The van der Waals surface area contributed by atoms with Crippen LogP contribution in [0.2, 0.25) is 0 Å². The van der Waals surface area contributed by atoms with Gasteiger partial charge in [-0.05, 0) is 13.8 Å². The second-order valence-electron chi connectivity index (χ2n) is 4.16. The molecule has 1 atom stereocenters. The van der Waals surface area contributed by atoms with Gasteiger partial charge in [-0.2, -0.15) is 0 Å².